The summed E-state index contributed by atoms with van der Waals surface area (Å²) in [5.74, 6) is 2.62. The van der Waals surface area contributed by atoms with Gasteiger partial charge in [-0.1, -0.05) is 26.2 Å². The van der Waals surface area contributed by atoms with Crippen LogP contribution >= 0.6 is 11.8 Å². The Hall–Kier alpha value is 0.310. The molecule has 1 fully saturated rings. The summed E-state index contributed by atoms with van der Waals surface area (Å²) in [7, 11) is 0. The molecule has 13 heavy (non-hydrogen) atoms. The molecule has 0 atom stereocenters. The van der Waals surface area contributed by atoms with Gasteiger partial charge in [-0.3, -0.25) is 0 Å². The molecular formula is C11H23NS. The van der Waals surface area contributed by atoms with Crippen LogP contribution in [0, 0.1) is 0 Å². The Balaban J connectivity index is 1.86. The second-order valence-corrected chi connectivity index (χ2v) is 5.13. The largest absolute Gasteiger partial charge is 0.313 e. The lowest BCUT2D eigenvalue weighted by atomic mass is 9.96. The van der Waals surface area contributed by atoms with E-state index in [9.17, 15) is 0 Å². The summed E-state index contributed by atoms with van der Waals surface area (Å²) in [6, 6.07) is 0.843. The van der Waals surface area contributed by atoms with Crippen LogP contribution in [-0.2, 0) is 0 Å². The number of hydrogen-bond donors (Lipinski definition) is 1. The molecule has 0 aromatic rings. The van der Waals surface area contributed by atoms with Crippen molar-refractivity contribution in [1.29, 1.82) is 0 Å². The maximum atomic E-state index is 3.66. The van der Waals surface area contributed by atoms with E-state index in [0.29, 0.717) is 0 Å². The predicted octanol–water partition coefficient (Wildman–Crippen LogP) is 3.05. The van der Waals surface area contributed by atoms with Crippen LogP contribution in [0.15, 0.2) is 0 Å². The fraction of sp³-hybridized carbons (Fsp3) is 1.00. The minimum atomic E-state index is 0.843. The van der Waals surface area contributed by atoms with Crippen molar-refractivity contribution in [2.75, 3.05) is 18.1 Å². The Morgan fingerprint density at radius 2 is 1.92 bits per heavy atom. The van der Waals surface area contributed by atoms with Crippen LogP contribution < -0.4 is 5.32 Å². The molecule has 0 aromatic heterocycles. The third kappa shape index (κ3) is 5.58. The second kappa shape index (κ2) is 7.69. The number of nitrogens with one attached hydrogen (secondary N) is 1. The first-order valence-electron chi connectivity index (χ1n) is 5.74. The zero-order valence-electron chi connectivity index (χ0n) is 8.85. The predicted molar refractivity (Wildman–Crippen MR) is 62.5 cm³/mol. The molecule has 0 radical (unpaired) electrons. The van der Waals surface area contributed by atoms with Crippen molar-refractivity contribution >= 4 is 11.8 Å². The van der Waals surface area contributed by atoms with Gasteiger partial charge in [-0.05, 0) is 25.0 Å². The van der Waals surface area contributed by atoms with Gasteiger partial charge in [0.1, 0.15) is 0 Å². The molecule has 1 aliphatic rings. The molecular weight excluding hydrogens is 178 g/mol. The van der Waals surface area contributed by atoms with E-state index in [1.807, 2.05) is 0 Å². The zero-order valence-corrected chi connectivity index (χ0v) is 9.67. The first kappa shape index (κ1) is 11.4. The molecule has 0 unspecified atom stereocenters. The van der Waals surface area contributed by atoms with E-state index in [4.69, 9.17) is 0 Å². The van der Waals surface area contributed by atoms with Crippen molar-refractivity contribution in [2.45, 2.75) is 51.5 Å². The van der Waals surface area contributed by atoms with Crippen LogP contribution in [0.2, 0.25) is 0 Å². The Morgan fingerprint density at radius 3 is 2.62 bits per heavy atom. The number of rotatable bonds is 6. The van der Waals surface area contributed by atoms with Crippen LogP contribution in [0.5, 0.6) is 0 Å². The highest BCUT2D eigenvalue weighted by atomic mass is 32.2. The molecule has 2 heteroatoms. The molecule has 1 nitrogen and oxygen atoms in total. The minimum absolute atomic E-state index is 0.843. The van der Waals surface area contributed by atoms with E-state index in [2.05, 4.69) is 24.0 Å². The highest BCUT2D eigenvalue weighted by Crippen LogP contribution is 2.17. The number of hydrogen-bond acceptors (Lipinski definition) is 2. The van der Waals surface area contributed by atoms with Crippen molar-refractivity contribution in [3.05, 3.63) is 0 Å². The van der Waals surface area contributed by atoms with Gasteiger partial charge in [0.2, 0.25) is 0 Å². The van der Waals surface area contributed by atoms with Gasteiger partial charge in [0.15, 0.2) is 0 Å². The Kier molecular flexibility index (Phi) is 6.73. The maximum Gasteiger partial charge on any atom is 0.00673 e. The van der Waals surface area contributed by atoms with Crippen LogP contribution in [0.1, 0.15) is 45.4 Å². The molecule has 0 aromatic carbocycles. The number of thioether (sulfide) groups is 1. The normalized spacial score (nSPS) is 19.2. The van der Waals surface area contributed by atoms with Crippen molar-refractivity contribution in [1.82, 2.24) is 5.32 Å². The van der Waals surface area contributed by atoms with Crippen LogP contribution in [0.4, 0.5) is 0 Å². The molecule has 1 saturated carbocycles. The van der Waals surface area contributed by atoms with Crippen LogP contribution in [-0.4, -0.2) is 24.1 Å². The first-order chi connectivity index (χ1) is 6.43. The quantitative estimate of drug-likeness (QED) is 0.663. The summed E-state index contributed by atoms with van der Waals surface area (Å²) in [6.45, 7) is 3.47. The summed E-state index contributed by atoms with van der Waals surface area (Å²) < 4.78 is 0. The van der Waals surface area contributed by atoms with Gasteiger partial charge in [-0.15, -0.1) is 0 Å². The van der Waals surface area contributed by atoms with E-state index >= 15 is 0 Å². The summed E-state index contributed by atoms with van der Waals surface area (Å²) in [5, 5.41) is 3.66. The average molecular weight is 201 g/mol. The Bertz CT molecular complexity index is 111. The monoisotopic (exact) mass is 201 g/mol. The summed E-state index contributed by atoms with van der Waals surface area (Å²) in [5.41, 5.74) is 0. The molecule has 0 bridgehead atoms. The van der Waals surface area contributed by atoms with Gasteiger partial charge < -0.3 is 5.32 Å². The van der Waals surface area contributed by atoms with Crippen molar-refractivity contribution in [3.63, 3.8) is 0 Å². The van der Waals surface area contributed by atoms with E-state index in [1.165, 1.54) is 56.6 Å². The molecule has 0 spiro atoms. The summed E-state index contributed by atoms with van der Waals surface area (Å²) in [6.07, 6.45) is 8.49. The smallest absolute Gasteiger partial charge is 0.00673 e. The standard InChI is InChI=1S/C11H23NS/c1-2-9-13-10-8-12-11-6-4-3-5-7-11/h11-12H,2-10H2,1H3. The third-order valence-corrected chi connectivity index (χ3v) is 3.82. The molecule has 1 N–H and O–H groups in total. The average Bonchev–Trinajstić information content (AvgIpc) is 2.19. The molecule has 0 saturated heterocycles. The van der Waals surface area contributed by atoms with Gasteiger partial charge >= 0.3 is 0 Å². The third-order valence-electron chi connectivity index (χ3n) is 2.63. The lowest BCUT2D eigenvalue weighted by Crippen LogP contribution is -2.32. The van der Waals surface area contributed by atoms with Gasteiger partial charge in [0.25, 0.3) is 0 Å². The Labute approximate surface area is 87.1 Å². The van der Waals surface area contributed by atoms with Gasteiger partial charge in [0, 0.05) is 18.3 Å². The van der Waals surface area contributed by atoms with Crippen molar-refractivity contribution < 1.29 is 0 Å². The lowest BCUT2D eigenvalue weighted by molar-refractivity contribution is 0.381. The van der Waals surface area contributed by atoms with E-state index < -0.39 is 0 Å². The highest BCUT2D eigenvalue weighted by molar-refractivity contribution is 7.99. The van der Waals surface area contributed by atoms with Crippen molar-refractivity contribution in [3.8, 4) is 0 Å². The molecule has 1 rings (SSSR count). The van der Waals surface area contributed by atoms with Crippen LogP contribution in [0.3, 0.4) is 0 Å². The minimum Gasteiger partial charge on any atom is -0.313 e. The fourth-order valence-corrected chi connectivity index (χ4v) is 2.64. The highest BCUT2D eigenvalue weighted by Gasteiger charge is 2.11. The molecule has 0 aliphatic heterocycles. The van der Waals surface area contributed by atoms with E-state index in [1.54, 1.807) is 0 Å². The van der Waals surface area contributed by atoms with Gasteiger partial charge in [-0.25, -0.2) is 0 Å². The maximum absolute atomic E-state index is 3.66. The van der Waals surface area contributed by atoms with Crippen molar-refractivity contribution in [2.24, 2.45) is 0 Å². The summed E-state index contributed by atoms with van der Waals surface area (Å²) >= 11 is 2.08. The van der Waals surface area contributed by atoms with E-state index in [-0.39, 0.29) is 0 Å². The SMILES string of the molecule is CCCSCCNC1CCCCC1. The molecule has 0 heterocycles. The first-order valence-corrected chi connectivity index (χ1v) is 6.90. The molecule has 1 aliphatic carbocycles. The fourth-order valence-electron chi connectivity index (χ4n) is 1.89. The second-order valence-electron chi connectivity index (χ2n) is 3.90. The van der Waals surface area contributed by atoms with Gasteiger partial charge in [0.05, 0.1) is 0 Å². The lowest BCUT2D eigenvalue weighted by Gasteiger charge is -2.22. The van der Waals surface area contributed by atoms with Gasteiger partial charge in [-0.2, -0.15) is 11.8 Å². The van der Waals surface area contributed by atoms with E-state index in [0.717, 1.165) is 6.04 Å². The Morgan fingerprint density at radius 1 is 1.15 bits per heavy atom. The van der Waals surface area contributed by atoms with Crippen LogP contribution in [0.25, 0.3) is 0 Å². The summed E-state index contributed by atoms with van der Waals surface area (Å²) in [4.78, 5) is 0. The molecule has 0 amide bonds. The molecule has 78 valence electrons. The topological polar surface area (TPSA) is 12.0 Å². The zero-order chi connectivity index (χ0) is 9.36.